The maximum atomic E-state index is 13.7. The molecule has 0 fully saturated rings. The van der Waals surface area contributed by atoms with Gasteiger partial charge in [-0.2, -0.15) is 0 Å². The van der Waals surface area contributed by atoms with Crippen LogP contribution in [0.25, 0.3) is 0 Å². The van der Waals surface area contributed by atoms with Gasteiger partial charge in [-0.3, -0.25) is 4.79 Å². The van der Waals surface area contributed by atoms with Gasteiger partial charge in [-0.25, -0.2) is 8.78 Å². The lowest BCUT2D eigenvalue weighted by atomic mass is 10.0. The molecule has 0 aromatic heterocycles. The molecule has 0 amide bonds. The summed E-state index contributed by atoms with van der Waals surface area (Å²) in [5, 5.41) is -0.0387. The SMILES string of the molecule is Cc1cc(C(=O)c2c(F)cccc2Br)c(Cl)cc1F. The minimum absolute atomic E-state index is 0.0387. The van der Waals surface area contributed by atoms with Crippen LogP contribution in [0, 0.1) is 18.6 Å². The van der Waals surface area contributed by atoms with Gasteiger partial charge in [0.1, 0.15) is 11.6 Å². The van der Waals surface area contributed by atoms with Crippen molar-refractivity contribution in [2.75, 3.05) is 0 Å². The Morgan fingerprint density at radius 1 is 1.21 bits per heavy atom. The zero-order valence-corrected chi connectivity index (χ0v) is 12.1. The summed E-state index contributed by atoms with van der Waals surface area (Å²) in [6.07, 6.45) is 0. The van der Waals surface area contributed by atoms with Crippen molar-refractivity contribution in [3.05, 3.63) is 68.2 Å². The number of hydrogen-bond acceptors (Lipinski definition) is 1. The van der Waals surface area contributed by atoms with E-state index in [-0.39, 0.29) is 21.7 Å². The van der Waals surface area contributed by atoms with Gasteiger partial charge in [0.2, 0.25) is 0 Å². The largest absolute Gasteiger partial charge is 0.288 e. The van der Waals surface area contributed by atoms with E-state index in [9.17, 15) is 13.6 Å². The van der Waals surface area contributed by atoms with Crippen molar-refractivity contribution in [2.45, 2.75) is 6.92 Å². The normalized spacial score (nSPS) is 10.6. The average molecular weight is 346 g/mol. The molecule has 0 aliphatic heterocycles. The minimum atomic E-state index is -0.655. The van der Waals surface area contributed by atoms with Crippen molar-refractivity contribution in [3.8, 4) is 0 Å². The van der Waals surface area contributed by atoms with E-state index < -0.39 is 17.4 Å². The smallest absolute Gasteiger partial charge is 0.198 e. The van der Waals surface area contributed by atoms with Crippen LogP contribution in [-0.2, 0) is 0 Å². The summed E-state index contributed by atoms with van der Waals surface area (Å²) in [5.74, 6) is -1.75. The van der Waals surface area contributed by atoms with Gasteiger partial charge in [0.15, 0.2) is 5.78 Å². The van der Waals surface area contributed by atoms with Crippen LogP contribution in [0.4, 0.5) is 8.78 Å². The molecule has 0 spiro atoms. The Kier molecular flexibility index (Phi) is 4.02. The van der Waals surface area contributed by atoms with Crippen LogP contribution in [0.1, 0.15) is 21.5 Å². The topological polar surface area (TPSA) is 17.1 Å². The molecule has 2 aromatic rings. The third-order valence-corrected chi connectivity index (χ3v) is 3.66. The number of benzene rings is 2. The number of rotatable bonds is 2. The number of carbonyl (C=O) groups is 1. The Hall–Kier alpha value is -1.26. The third-order valence-electron chi connectivity index (χ3n) is 2.68. The van der Waals surface area contributed by atoms with Crippen molar-refractivity contribution in [1.29, 1.82) is 0 Å². The first-order valence-corrected chi connectivity index (χ1v) is 6.53. The molecule has 2 rings (SSSR count). The van der Waals surface area contributed by atoms with Crippen LogP contribution >= 0.6 is 27.5 Å². The molecule has 0 saturated carbocycles. The molecule has 0 aliphatic carbocycles. The highest BCUT2D eigenvalue weighted by molar-refractivity contribution is 9.10. The van der Waals surface area contributed by atoms with E-state index in [2.05, 4.69) is 15.9 Å². The van der Waals surface area contributed by atoms with Crippen molar-refractivity contribution < 1.29 is 13.6 Å². The second kappa shape index (κ2) is 5.39. The van der Waals surface area contributed by atoms with E-state index in [0.717, 1.165) is 6.07 Å². The molecule has 0 saturated heterocycles. The maximum absolute atomic E-state index is 13.7. The first kappa shape index (κ1) is 14.2. The molecule has 2 aromatic carbocycles. The quantitative estimate of drug-likeness (QED) is 0.706. The van der Waals surface area contributed by atoms with E-state index in [1.54, 1.807) is 6.07 Å². The van der Waals surface area contributed by atoms with Gasteiger partial charge in [0.25, 0.3) is 0 Å². The van der Waals surface area contributed by atoms with E-state index in [4.69, 9.17) is 11.6 Å². The highest BCUT2D eigenvalue weighted by Crippen LogP contribution is 2.27. The summed E-state index contributed by atoms with van der Waals surface area (Å²) in [6, 6.07) is 6.59. The van der Waals surface area contributed by atoms with Crippen molar-refractivity contribution >= 4 is 33.3 Å². The van der Waals surface area contributed by atoms with Crippen molar-refractivity contribution in [1.82, 2.24) is 0 Å². The number of ketones is 1. The molecule has 98 valence electrons. The highest BCUT2D eigenvalue weighted by atomic mass is 79.9. The lowest BCUT2D eigenvalue weighted by Gasteiger charge is -2.08. The number of halogens is 4. The molecule has 0 aliphatic rings. The summed E-state index contributed by atoms with van der Waals surface area (Å²) in [7, 11) is 0. The number of hydrogen-bond donors (Lipinski definition) is 0. The van der Waals surface area contributed by atoms with Crippen molar-refractivity contribution in [2.24, 2.45) is 0 Å². The lowest BCUT2D eigenvalue weighted by molar-refractivity contribution is 0.103. The molecular weight excluding hydrogens is 338 g/mol. The van der Waals surface area contributed by atoms with Crippen LogP contribution in [0.2, 0.25) is 5.02 Å². The average Bonchev–Trinajstić information content (AvgIpc) is 2.33. The van der Waals surface area contributed by atoms with Gasteiger partial charge in [0.05, 0.1) is 10.6 Å². The Labute approximate surface area is 122 Å². The molecule has 0 radical (unpaired) electrons. The second-order valence-electron chi connectivity index (χ2n) is 4.01. The molecule has 1 nitrogen and oxygen atoms in total. The fourth-order valence-corrected chi connectivity index (χ4v) is 2.44. The summed E-state index contributed by atoms with van der Waals surface area (Å²) in [4.78, 5) is 12.3. The van der Waals surface area contributed by atoms with Gasteiger partial charge in [-0.15, -0.1) is 0 Å². The van der Waals surface area contributed by atoms with Gasteiger partial charge in [-0.05, 0) is 52.7 Å². The fraction of sp³-hybridized carbons (Fsp3) is 0.0714. The monoisotopic (exact) mass is 344 g/mol. The van der Waals surface area contributed by atoms with E-state index in [1.165, 1.54) is 25.1 Å². The summed E-state index contributed by atoms with van der Waals surface area (Å²) >= 11 is 8.98. The van der Waals surface area contributed by atoms with Gasteiger partial charge in [-0.1, -0.05) is 17.7 Å². The summed E-state index contributed by atoms with van der Waals surface area (Å²) < 4.78 is 27.4. The van der Waals surface area contributed by atoms with Crippen LogP contribution in [0.5, 0.6) is 0 Å². The molecule has 0 atom stereocenters. The summed E-state index contributed by atoms with van der Waals surface area (Å²) in [6.45, 7) is 1.51. The zero-order chi connectivity index (χ0) is 14.2. The summed E-state index contributed by atoms with van der Waals surface area (Å²) in [5.41, 5.74) is 0.238. The molecule has 0 unspecified atom stereocenters. The second-order valence-corrected chi connectivity index (χ2v) is 5.27. The van der Waals surface area contributed by atoms with E-state index in [0.29, 0.717) is 4.47 Å². The maximum Gasteiger partial charge on any atom is 0.198 e. The first-order chi connectivity index (χ1) is 8.91. The molecular formula is C14H8BrClF2O. The van der Waals surface area contributed by atoms with E-state index >= 15 is 0 Å². The van der Waals surface area contributed by atoms with Gasteiger partial charge >= 0.3 is 0 Å². The predicted octanol–water partition coefficient (Wildman–Crippen LogP) is 4.92. The molecule has 5 heteroatoms. The Morgan fingerprint density at radius 2 is 1.89 bits per heavy atom. The molecule has 19 heavy (non-hydrogen) atoms. The minimum Gasteiger partial charge on any atom is -0.288 e. The Bertz CT molecular complexity index is 650. The lowest BCUT2D eigenvalue weighted by Crippen LogP contribution is -2.07. The van der Waals surface area contributed by atoms with Crippen LogP contribution in [0.3, 0.4) is 0 Å². The Morgan fingerprint density at radius 3 is 2.53 bits per heavy atom. The van der Waals surface area contributed by atoms with Crippen LogP contribution in [0.15, 0.2) is 34.8 Å². The van der Waals surface area contributed by atoms with Crippen LogP contribution < -0.4 is 0 Å². The molecule has 0 heterocycles. The van der Waals surface area contributed by atoms with Crippen molar-refractivity contribution in [3.63, 3.8) is 0 Å². The first-order valence-electron chi connectivity index (χ1n) is 5.36. The highest BCUT2D eigenvalue weighted by Gasteiger charge is 2.20. The standard InChI is InChI=1S/C14H8BrClF2O/c1-7-5-8(10(16)6-12(7)18)14(19)13-9(15)3-2-4-11(13)17/h2-6H,1H3. The fourth-order valence-electron chi connectivity index (χ4n) is 1.68. The Balaban J connectivity index is 2.60. The predicted molar refractivity (Wildman–Crippen MR) is 73.7 cm³/mol. The van der Waals surface area contributed by atoms with Gasteiger partial charge < -0.3 is 0 Å². The zero-order valence-electron chi connectivity index (χ0n) is 9.81. The number of aryl methyl sites for hydroxylation is 1. The third kappa shape index (κ3) is 2.69. The number of carbonyl (C=O) groups excluding carboxylic acids is 1. The molecule has 0 N–H and O–H groups in total. The van der Waals surface area contributed by atoms with Gasteiger partial charge in [0, 0.05) is 10.0 Å². The van der Waals surface area contributed by atoms with Crippen LogP contribution in [-0.4, -0.2) is 5.78 Å². The molecule has 0 bridgehead atoms. The van der Waals surface area contributed by atoms with E-state index in [1.807, 2.05) is 0 Å².